The van der Waals surface area contributed by atoms with Gasteiger partial charge in [0.25, 0.3) is 5.56 Å². The molecule has 0 saturated carbocycles. The van der Waals surface area contributed by atoms with Crippen LogP contribution in [0.1, 0.15) is 39.5 Å². The van der Waals surface area contributed by atoms with Crippen LogP contribution in [0.25, 0.3) is 0 Å². The van der Waals surface area contributed by atoms with Crippen molar-refractivity contribution in [3.63, 3.8) is 0 Å². The molecule has 3 aromatic rings. The number of hydrogen-bond acceptors (Lipinski definition) is 7. The SMILES string of the molecule is CCOc1cccc(C(=O)c2c(C)c(C#N)c(=O)n(Cc3ccc4c(c3)OCO4)c2O)c1. The molecule has 32 heavy (non-hydrogen) atoms. The number of nitrogens with zero attached hydrogens (tertiary/aromatic N) is 2. The Morgan fingerprint density at radius 1 is 1.22 bits per heavy atom. The Morgan fingerprint density at radius 3 is 2.75 bits per heavy atom. The molecule has 0 radical (unpaired) electrons. The van der Waals surface area contributed by atoms with Crippen molar-refractivity contribution in [3.8, 4) is 29.2 Å². The number of carbonyl (C=O) groups is 1. The van der Waals surface area contributed by atoms with Crippen molar-refractivity contribution in [1.82, 2.24) is 4.57 Å². The van der Waals surface area contributed by atoms with Gasteiger partial charge in [0.15, 0.2) is 17.3 Å². The van der Waals surface area contributed by atoms with Crippen LogP contribution in [-0.4, -0.2) is 28.9 Å². The molecule has 0 fully saturated rings. The summed E-state index contributed by atoms with van der Waals surface area (Å²) in [5.74, 6) is 0.585. The van der Waals surface area contributed by atoms with Gasteiger partial charge >= 0.3 is 0 Å². The normalized spacial score (nSPS) is 11.8. The van der Waals surface area contributed by atoms with Gasteiger partial charge < -0.3 is 19.3 Å². The number of rotatable bonds is 6. The summed E-state index contributed by atoms with van der Waals surface area (Å²) >= 11 is 0. The molecule has 2 heterocycles. The van der Waals surface area contributed by atoms with Gasteiger partial charge in [-0.15, -0.1) is 0 Å². The van der Waals surface area contributed by atoms with Crippen molar-refractivity contribution in [2.45, 2.75) is 20.4 Å². The van der Waals surface area contributed by atoms with E-state index in [1.54, 1.807) is 42.5 Å². The van der Waals surface area contributed by atoms with Crippen LogP contribution >= 0.6 is 0 Å². The van der Waals surface area contributed by atoms with E-state index in [1.165, 1.54) is 6.92 Å². The number of aromatic hydroxyl groups is 1. The molecule has 0 spiro atoms. The number of pyridine rings is 1. The van der Waals surface area contributed by atoms with Crippen LogP contribution in [0.2, 0.25) is 0 Å². The zero-order valence-electron chi connectivity index (χ0n) is 17.5. The minimum absolute atomic E-state index is 0.0600. The highest BCUT2D eigenvalue weighted by Gasteiger charge is 2.25. The Kier molecular flexibility index (Phi) is 5.56. The quantitative estimate of drug-likeness (QED) is 0.596. The highest BCUT2D eigenvalue weighted by Crippen LogP contribution is 2.33. The molecule has 0 atom stereocenters. The fourth-order valence-corrected chi connectivity index (χ4v) is 3.63. The Balaban J connectivity index is 1.82. The lowest BCUT2D eigenvalue weighted by molar-refractivity contribution is 0.103. The summed E-state index contributed by atoms with van der Waals surface area (Å²) in [7, 11) is 0. The van der Waals surface area contributed by atoms with E-state index in [0.29, 0.717) is 29.4 Å². The Labute approximate surface area is 183 Å². The Hall–Kier alpha value is -4.25. The maximum Gasteiger partial charge on any atom is 0.271 e. The highest BCUT2D eigenvalue weighted by molar-refractivity contribution is 6.11. The van der Waals surface area contributed by atoms with Crippen LogP contribution in [-0.2, 0) is 6.54 Å². The number of aromatic nitrogens is 1. The van der Waals surface area contributed by atoms with Crippen LogP contribution in [0, 0.1) is 18.3 Å². The number of carbonyl (C=O) groups excluding carboxylic acids is 1. The van der Waals surface area contributed by atoms with Crippen molar-refractivity contribution in [2.75, 3.05) is 13.4 Å². The molecule has 0 bridgehead atoms. The third-order valence-corrected chi connectivity index (χ3v) is 5.21. The average Bonchev–Trinajstić information content (AvgIpc) is 3.25. The molecule has 1 N–H and O–H groups in total. The van der Waals surface area contributed by atoms with Crippen LogP contribution in [0.5, 0.6) is 23.1 Å². The van der Waals surface area contributed by atoms with Crippen molar-refractivity contribution in [1.29, 1.82) is 5.26 Å². The van der Waals surface area contributed by atoms with Gasteiger partial charge in [-0.1, -0.05) is 18.2 Å². The van der Waals surface area contributed by atoms with Gasteiger partial charge in [0.1, 0.15) is 17.4 Å². The second kappa shape index (κ2) is 8.47. The molecule has 8 nitrogen and oxygen atoms in total. The first-order valence-corrected chi connectivity index (χ1v) is 9.97. The second-order valence-electron chi connectivity index (χ2n) is 7.18. The number of ketones is 1. The molecule has 8 heteroatoms. The molecule has 0 aliphatic carbocycles. The number of nitriles is 1. The van der Waals surface area contributed by atoms with Gasteiger partial charge in [-0.2, -0.15) is 5.26 Å². The third kappa shape index (κ3) is 3.65. The monoisotopic (exact) mass is 432 g/mol. The van der Waals surface area contributed by atoms with E-state index < -0.39 is 17.2 Å². The number of hydrogen-bond donors (Lipinski definition) is 1. The Bertz CT molecular complexity index is 1320. The maximum atomic E-state index is 13.3. The highest BCUT2D eigenvalue weighted by atomic mass is 16.7. The predicted octanol–water partition coefficient (Wildman–Crippen LogP) is 3.14. The zero-order chi connectivity index (χ0) is 22.8. The van der Waals surface area contributed by atoms with Gasteiger partial charge in [-0.05, 0) is 49.2 Å². The van der Waals surface area contributed by atoms with Crippen molar-refractivity contribution < 1.29 is 24.1 Å². The molecule has 162 valence electrons. The molecule has 0 amide bonds. The van der Waals surface area contributed by atoms with Crippen LogP contribution < -0.4 is 19.8 Å². The summed E-state index contributed by atoms with van der Waals surface area (Å²) in [5, 5.41) is 20.6. The standard InChI is InChI=1S/C24H20N2O6/c1-3-30-17-6-4-5-16(10-17)22(27)21-14(2)18(11-25)23(28)26(24(21)29)12-15-7-8-19-20(9-15)32-13-31-19/h4-10,29H,3,12-13H2,1-2H3. The van der Waals surface area contributed by atoms with E-state index >= 15 is 0 Å². The number of ether oxygens (including phenoxy) is 3. The molecule has 4 rings (SSSR count). The van der Waals surface area contributed by atoms with Gasteiger partial charge in [0.05, 0.1) is 18.7 Å². The maximum absolute atomic E-state index is 13.3. The first kappa shape index (κ1) is 21.0. The van der Waals surface area contributed by atoms with Crippen molar-refractivity contribution in [2.24, 2.45) is 0 Å². The average molecular weight is 432 g/mol. The third-order valence-electron chi connectivity index (χ3n) is 5.21. The number of benzene rings is 2. The van der Waals surface area contributed by atoms with E-state index in [1.807, 2.05) is 13.0 Å². The van der Waals surface area contributed by atoms with Gasteiger partial charge in [0, 0.05) is 5.56 Å². The first-order chi connectivity index (χ1) is 15.4. The summed E-state index contributed by atoms with van der Waals surface area (Å²) in [5.41, 5.74) is 0.0505. The molecule has 1 aliphatic rings. The van der Waals surface area contributed by atoms with E-state index in [0.717, 1.165) is 4.57 Å². The van der Waals surface area contributed by atoms with E-state index in [-0.39, 0.29) is 35.6 Å². The van der Waals surface area contributed by atoms with Crippen LogP contribution in [0.15, 0.2) is 47.3 Å². The predicted molar refractivity (Wildman–Crippen MR) is 115 cm³/mol. The smallest absolute Gasteiger partial charge is 0.271 e. The zero-order valence-corrected chi connectivity index (χ0v) is 17.5. The van der Waals surface area contributed by atoms with E-state index in [9.17, 15) is 20.0 Å². The lowest BCUT2D eigenvalue weighted by Crippen LogP contribution is -2.27. The fraction of sp³-hybridized carbons (Fsp3) is 0.208. The second-order valence-corrected chi connectivity index (χ2v) is 7.18. The molecular weight excluding hydrogens is 412 g/mol. The fourth-order valence-electron chi connectivity index (χ4n) is 3.63. The van der Waals surface area contributed by atoms with Crippen molar-refractivity contribution in [3.05, 3.63) is 80.6 Å². The molecule has 2 aromatic carbocycles. The number of fused-ring (bicyclic) bond motifs is 1. The van der Waals surface area contributed by atoms with Crippen molar-refractivity contribution >= 4 is 5.78 Å². The lowest BCUT2D eigenvalue weighted by atomic mass is 9.97. The summed E-state index contributed by atoms with van der Waals surface area (Å²) in [4.78, 5) is 26.2. The largest absolute Gasteiger partial charge is 0.494 e. The van der Waals surface area contributed by atoms with Gasteiger partial charge in [-0.3, -0.25) is 14.2 Å². The first-order valence-electron chi connectivity index (χ1n) is 9.97. The molecule has 0 saturated heterocycles. The van der Waals surface area contributed by atoms with Gasteiger partial charge in [-0.25, -0.2) is 0 Å². The summed E-state index contributed by atoms with van der Waals surface area (Å²) in [6.07, 6.45) is 0. The molecule has 1 aliphatic heterocycles. The summed E-state index contributed by atoms with van der Waals surface area (Å²) in [6, 6.07) is 13.5. The van der Waals surface area contributed by atoms with Crippen LogP contribution in [0.3, 0.4) is 0 Å². The van der Waals surface area contributed by atoms with E-state index in [2.05, 4.69) is 0 Å². The van der Waals surface area contributed by atoms with Gasteiger partial charge in [0.2, 0.25) is 12.7 Å². The Morgan fingerprint density at radius 2 is 2.00 bits per heavy atom. The topological polar surface area (TPSA) is 111 Å². The minimum atomic E-state index is -0.681. The minimum Gasteiger partial charge on any atom is -0.494 e. The van der Waals surface area contributed by atoms with Crippen LogP contribution in [0.4, 0.5) is 0 Å². The van der Waals surface area contributed by atoms with E-state index in [4.69, 9.17) is 14.2 Å². The molecule has 0 unspecified atom stereocenters. The summed E-state index contributed by atoms with van der Waals surface area (Å²) < 4.78 is 17.1. The molecular formula is C24H20N2O6. The summed E-state index contributed by atoms with van der Waals surface area (Å²) in [6.45, 7) is 3.78. The molecule has 1 aromatic heterocycles. The lowest BCUT2D eigenvalue weighted by Gasteiger charge is -2.16.